The van der Waals surface area contributed by atoms with E-state index in [9.17, 15) is 8.42 Å². The van der Waals surface area contributed by atoms with Crippen LogP contribution in [-0.2, 0) is 10.0 Å². The van der Waals surface area contributed by atoms with Gasteiger partial charge in [-0.1, -0.05) is 0 Å². The molecule has 1 heterocycles. The summed E-state index contributed by atoms with van der Waals surface area (Å²) in [7, 11) is -0.0507. The smallest absolute Gasteiger partial charge is 0.215 e. The molecule has 7 heteroatoms. The number of sulfonamides is 1. The van der Waals surface area contributed by atoms with Gasteiger partial charge < -0.3 is 5.32 Å². The molecule has 0 atom stereocenters. The van der Waals surface area contributed by atoms with Crippen molar-refractivity contribution in [3.63, 3.8) is 0 Å². The Balaban J connectivity index is 2.36. The summed E-state index contributed by atoms with van der Waals surface area (Å²) >= 11 is 1.45. The van der Waals surface area contributed by atoms with E-state index < -0.39 is 10.0 Å². The van der Waals surface area contributed by atoms with Crippen molar-refractivity contribution in [2.24, 2.45) is 0 Å². The van der Waals surface area contributed by atoms with Crippen LogP contribution in [0.5, 0.6) is 0 Å². The SMILES string of the molecule is CN(C)S(=O)(=O)CCNc1nccs1. The van der Waals surface area contributed by atoms with Gasteiger partial charge in [-0.2, -0.15) is 0 Å². The molecule has 0 aliphatic carbocycles. The Morgan fingerprint density at radius 3 is 2.79 bits per heavy atom. The summed E-state index contributed by atoms with van der Waals surface area (Å²) in [5.74, 6) is 0.0829. The van der Waals surface area contributed by atoms with Crippen LogP contribution < -0.4 is 5.32 Å². The van der Waals surface area contributed by atoms with Gasteiger partial charge in [0, 0.05) is 32.2 Å². The quantitative estimate of drug-likeness (QED) is 0.804. The summed E-state index contributed by atoms with van der Waals surface area (Å²) in [5.41, 5.74) is 0. The van der Waals surface area contributed by atoms with Gasteiger partial charge in [0.25, 0.3) is 0 Å². The fourth-order valence-electron chi connectivity index (χ4n) is 0.780. The molecule has 0 amide bonds. The first-order valence-corrected chi connectivity index (χ1v) is 6.55. The predicted octanol–water partition coefficient (Wildman–Crippen LogP) is 0.446. The second-order valence-corrected chi connectivity index (χ2v) is 6.06. The van der Waals surface area contributed by atoms with Crippen molar-refractivity contribution in [1.82, 2.24) is 9.29 Å². The highest BCUT2D eigenvalue weighted by Gasteiger charge is 2.12. The molecule has 0 spiro atoms. The Kier molecular flexibility index (Phi) is 3.85. The Hall–Kier alpha value is -0.660. The van der Waals surface area contributed by atoms with Gasteiger partial charge in [0.15, 0.2) is 5.13 Å². The van der Waals surface area contributed by atoms with Gasteiger partial charge >= 0.3 is 0 Å². The minimum absolute atomic E-state index is 0.0829. The van der Waals surface area contributed by atoms with E-state index >= 15 is 0 Å². The molecule has 0 aromatic carbocycles. The number of rotatable bonds is 5. The third-order valence-electron chi connectivity index (χ3n) is 1.62. The molecule has 5 nitrogen and oxygen atoms in total. The third-order valence-corrected chi connectivity index (χ3v) is 4.19. The Labute approximate surface area is 87.8 Å². The van der Waals surface area contributed by atoms with E-state index in [1.54, 1.807) is 6.20 Å². The lowest BCUT2D eigenvalue weighted by Gasteiger charge is -2.10. The zero-order valence-electron chi connectivity index (χ0n) is 8.10. The number of thiazole rings is 1. The first kappa shape index (κ1) is 11.4. The molecule has 1 aromatic heterocycles. The summed E-state index contributed by atoms with van der Waals surface area (Å²) in [5, 5.41) is 5.52. The molecular weight excluding hydrogens is 222 g/mol. The Morgan fingerprint density at radius 1 is 1.57 bits per heavy atom. The lowest BCUT2D eigenvalue weighted by Crippen LogP contribution is -2.28. The van der Waals surface area contributed by atoms with Gasteiger partial charge in [-0.25, -0.2) is 17.7 Å². The minimum Gasteiger partial charge on any atom is -0.360 e. The van der Waals surface area contributed by atoms with Crippen molar-refractivity contribution in [3.8, 4) is 0 Å². The van der Waals surface area contributed by atoms with Crippen LogP contribution in [0.4, 0.5) is 5.13 Å². The lowest BCUT2D eigenvalue weighted by molar-refractivity contribution is 0.521. The highest BCUT2D eigenvalue weighted by molar-refractivity contribution is 7.89. The summed E-state index contributed by atoms with van der Waals surface area (Å²) in [6.45, 7) is 0.383. The molecule has 14 heavy (non-hydrogen) atoms. The van der Waals surface area contributed by atoms with E-state index in [1.807, 2.05) is 5.38 Å². The van der Waals surface area contributed by atoms with Crippen LogP contribution in [0.25, 0.3) is 0 Å². The van der Waals surface area contributed by atoms with Crippen molar-refractivity contribution in [1.29, 1.82) is 0 Å². The number of anilines is 1. The summed E-state index contributed by atoms with van der Waals surface area (Å²) in [6, 6.07) is 0. The second kappa shape index (κ2) is 4.72. The number of nitrogens with one attached hydrogen (secondary N) is 1. The van der Waals surface area contributed by atoms with Crippen LogP contribution in [0.2, 0.25) is 0 Å². The van der Waals surface area contributed by atoms with E-state index in [0.717, 1.165) is 5.13 Å². The van der Waals surface area contributed by atoms with Gasteiger partial charge in [-0.3, -0.25) is 0 Å². The Bertz CT molecular complexity index is 358. The summed E-state index contributed by atoms with van der Waals surface area (Å²) < 4.78 is 23.9. The van der Waals surface area contributed by atoms with Gasteiger partial charge in [0.05, 0.1) is 5.75 Å². The van der Waals surface area contributed by atoms with Gasteiger partial charge in [0.1, 0.15) is 0 Å². The molecule has 0 saturated heterocycles. The molecule has 1 rings (SSSR count). The molecule has 0 radical (unpaired) electrons. The molecule has 0 bridgehead atoms. The van der Waals surface area contributed by atoms with Crippen LogP contribution >= 0.6 is 11.3 Å². The van der Waals surface area contributed by atoms with E-state index in [0.29, 0.717) is 6.54 Å². The number of hydrogen-bond acceptors (Lipinski definition) is 5. The van der Waals surface area contributed by atoms with Crippen molar-refractivity contribution >= 4 is 26.5 Å². The molecule has 0 fully saturated rings. The second-order valence-electron chi connectivity index (χ2n) is 2.86. The fraction of sp³-hybridized carbons (Fsp3) is 0.571. The normalized spacial score (nSPS) is 11.9. The van der Waals surface area contributed by atoms with Crippen molar-refractivity contribution in [2.45, 2.75) is 0 Å². The first-order chi connectivity index (χ1) is 6.52. The lowest BCUT2D eigenvalue weighted by atomic mass is 10.7. The molecule has 0 unspecified atom stereocenters. The topological polar surface area (TPSA) is 62.3 Å². The predicted molar refractivity (Wildman–Crippen MR) is 58.1 cm³/mol. The van der Waals surface area contributed by atoms with Crippen molar-refractivity contribution in [3.05, 3.63) is 11.6 Å². The minimum atomic E-state index is -3.10. The summed E-state index contributed by atoms with van der Waals surface area (Å²) in [4.78, 5) is 3.98. The standard InChI is InChI=1S/C7H13N3O2S2/c1-10(2)14(11,12)6-4-9-7-8-3-5-13-7/h3,5H,4,6H2,1-2H3,(H,8,9). The zero-order chi connectivity index (χ0) is 10.6. The summed E-state index contributed by atoms with van der Waals surface area (Å²) in [6.07, 6.45) is 1.67. The molecule has 1 N–H and O–H groups in total. The molecule has 0 saturated carbocycles. The largest absolute Gasteiger partial charge is 0.360 e. The van der Waals surface area contributed by atoms with Crippen LogP contribution in [0.1, 0.15) is 0 Å². The maximum absolute atomic E-state index is 11.3. The third kappa shape index (κ3) is 3.24. The van der Waals surface area contributed by atoms with Crippen LogP contribution in [0.3, 0.4) is 0 Å². The van der Waals surface area contributed by atoms with E-state index in [1.165, 1.54) is 29.7 Å². The number of hydrogen-bond donors (Lipinski definition) is 1. The number of nitrogens with zero attached hydrogens (tertiary/aromatic N) is 2. The molecule has 80 valence electrons. The van der Waals surface area contributed by atoms with Crippen LogP contribution in [0.15, 0.2) is 11.6 Å². The average molecular weight is 235 g/mol. The maximum Gasteiger partial charge on any atom is 0.215 e. The van der Waals surface area contributed by atoms with Gasteiger partial charge in [-0.05, 0) is 0 Å². The maximum atomic E-state index is 11.3. The monoisotopic (exact) mass is 235 g/mol. The molecular formula is C7H13N3O2S2. The van der Waals surface area contributed by atoms with Crippen LogP contribution in [-0.4, -0.2) is 44.1 Å². The van der Waals surface area contributed by atoms with E-state index in [2.05, 4.69) is 10.3 Å². The molecule has 0 aliphatic heterocycles. The van der Waals surface area contributed by atoms with E-state index in [-0.39, 0.29) is 5.75 Å². The average Bonchev–Trinajstić information content (AvgIpc) is 2.56. The first-order valence-electron chi connectivity index (χ1n) is 4.06. The van der Waals surface area contributed by atoms with Crippen molar-refractivity contribution in [2.75, 3.05) is 31.7 Å². The zero-order valence-corrected chi connectivity index (χ0v) is 9.73. The highest BCUT2D eigenvalue weighted by atomic mass is 32.2. The van der Waals surface area contributed by atoms with Gasteiger partial charge in [-0.15, -0.1) is 11.3 Å². The fourth-order valence-corrected chi connectivity index (χ4v) is 2.06. The van der Waals surface area contributed by atoms with E-state index in [4.69, 9.17) is 0 Å². The molecule has 0 aliphatic rings. The highest BCUT2D eigenvalue weighted by Crippen LogP contribution is 2.09. The number of aromatic nitrogens is 1. The van der Waals surface area contributed by atoms with Gasteiger partial charge in [0.2, 0.25) is 10.0 Å². The van der Waals surface area contributed by atoms with Crippen LogP contribution in [0, 0.1) is 0 Å². The van der Waals surface area contributed by atoms with Crippen molar-refractivity contribution < 1.29 is 8.42 Å². The molecule has 1 aromatic rings. The Morgan fingerprint density at radius 2 is 2.29 bits per heavy atom.